The van der Waals surface area contributed by atoms with E-state index in [9.17, 15) is 4.79 Å². The predicted molar refractivity (Wildman–Crippen MR) is 103 cm³/mol. The van der Waals surface area contributed by atoms with E-state index >= 15 is 0 Å². The van der Waals surface area contributed by atoms with Crippen LogP contribution in [0, 0.1) is 13.8 Å². The predicted octanol–water partition coefficient (Wildman–Crippen LogP) is 4.06. The van der Waals surface area contributed by atoms with Crippen molar-refractivity contribution in [3.05, 3.63) is 41.4 Å². The van der Waals surface area contributed by atoms with Gasteiger partial charge in [0.2, 0.25) is 5.71 Å². The molecule has 1 amide bonds. The van der Waals surface area contributed by atoms with E-state index in [2.05, 4.69) is 27.5 Å². The van der Waals surface area contributed by atoms with Gasteiger partial charge in [-0.1, -0.05) is 0 Å². The van der Waals surface area contributed by atoms with E-state index in [1.165, 1.54) is 6.33 Å². The molecule has 0 atom stereocenters. The second-order valence-electron chi connectivity index (χ2n) is 7.26. The minimum atomic E-state index is -0.252. The van der Waals surface area contributed by atoms with Gasteiger partial charge < -0.3 is 19.8 Å². The first-order valence-corrected chi connectivity index (χ1v) is 8.88. The minimum Gasteiger partial charge on any atom is -0.497 e. The van der Waals surface area contributed by atoms with Crippen LogP contribution in [0.3, 0.4) is 0 Å². The molecular formula is C20H22N4O3. The van der Waals surface area contributed by atoms with Crippen molar-refractivity contribution in [3.63, 3.8) is 0 Å². The number of benzene rings is 1. The van der Waals surface area contributed by atoms with E-state index in [0.717, 1.165) is 29.8 Å². The Morgan fingerprint density at radius 1 is 1.26 bits per heavy atom. The number of nitrogens with one attached hydrogen (secondary N) is 2. The van der Waals surface area contributed by atoms with Gasteiger partial charge in [0, 0.05) is 11.2 Å². The number of nitrogens with zero attached hydrogens (tertiary/aromatic N) is 2. The lowest BCUT2D eigenvalue weighted by atomic mass is 10.1. The molecule has 1 aromatic carbocycles. The minimum absolute atomic E-state index is 0.0206. The molecule has 27 heavy (non-hydrogen) atoms. The SMILES string of the molecule is COc1ccc(NC(=O)c2c(C)oc3ncnc(NC4(C)CC4)c23)c(C)c1. The van der Waals surface area contributed by atoms with Crippen molar-refractivity contribution < 1.29 is 13.9 Å². The number of hydrogen-bond acceptors (Lipinski definition) is 6. The van der Waals surface area contributed by atoms with Gasteiger partial charge >= 0.3 is 0 Å². The molecule has 1 fully saturated rings. The van der Waals surface area contributed by atoms with E-state index in [-0.39, 0.29) is 11.4 Å². The molecule has 0 unspecified atom stereocenters. The first-order valence-electron chi connectivity index (χ1n) is 8.88. The molecular weight excluding hydrogens is 344 g/mol. The van der Waals surface area contributed by atoms with Gasteiger partial charge in [0.15, 0.2) is 0 Å². The molecule has 1 aliphatic rings. The molecule has 140 valence electrons. The van der Waals surface area contributed by atoms with Crippen molar-refractivity contribution in [2.75, 3.05) is 17.7 Å². The van der Waals surface area contributed by atoms with Crippen LogP contribution in [0.25, 0.3) is 11.1 Å². The lowest BCUT2D eigenvalue weighted by Crippen LogP contribution is -2.18. The van der Waals surface area contributed by atoms with Crippen molar-refractivity contribution in [2.45, 2.75) is 39.2 Å². The van der Waals surface area contributed by atoms with Crippen molar-refractivity contribution in [2.24, 2.45) is 0 Å². The average Bonchev–Trinajstić information content (AvgIpc) is 3.24. The summed E-state index contributed by atoms with van der Waals surface area (Å²) in [6.45, 7) is 5.82. The van der Waals surface area contributed by atoms with Crippen LogP contribution < -0.4 is 15.4 Å². The number of aromatic nitrogens is 2. The van der Waals surface area contributed by atoms with Gasteiger partial charge in [0.1, 0.15) is 23.7 Å². The van der Waals surface area contributed by atoms with Crippen LogP contribution in [0.1, 0.15) is 41.4 Å². The maximum Gasteiger partial charge on any atom is 0.260 e. The van der Waals surface area contributed by atoms with Gasteiger partial charge in [-0.25, -0.2) is 9.97 Å². The van der Waals surface area contributed by atoms with Gasteiger partial charge in [-0.2, -0.15) is 0 Å². The fourth-order valence-corrected chi connectivity index (χ4v) is 3.10. The molecule has 3 aromatic rings. The number of amides is 1. The highest BCUT2D eigenvalue weighted by molar-refractivity contribution is 6.15. The molecule has 1 saturated carbocycles. The maximum absolute atomic E-state index is 13.1. The van der Waals surface area contributed by atoms with Crippen molar-refractivity contribution >= 4 is 28.5 Å². The molecule has 1 aliphatic carbocycles. The molecule has 0 spiro atoms. The smallest absolute Gasteiger partial charge is 0.260 e. The number of anilines is 2. The summed E-state index contributed by atoms with van der Waals surface area (Å²) in [5.41, 5.74) is 2.51. The first-order chi connectivity index (χ1) is 12.9. The molecule has 0 radical (unpaired) electrons. The van der Waals surface area contributed by atoms with Crippen molar-refractivity contribution in [1.29, 1.82) is 0 Å². The van der Waals surface area contributed by atoms with Crippen LogP contribution in [0.2, 0.25) is 0 Å². The van der Waals surface area contributed by atoms with Crippen molar-refractivity contribution in [3.8, 4) is 5.75 Å². The molecule has 4 rings (SSSR count). The molecule has 0 bridgehead atoms. The molecule has 0 saturated heterocycles. The second-order valence-corrected chi connectivity index (χ2v) is 7.26. The van der Waals surface area contributed by atoms with Gasteiger partial charge in [0.05, 0.1) is 18.1 Å². The van der Waals surface area contributed by atoms with Crippen molar-refractivity contribution in [1.82, 2.24) is 9.97 Å². The Kier molecular flexibility index (Phi) is 4.02. The summed E-state index contributed by atoms with van der Waals surface area (Å²) in [5.74, 6) is 1.64. The first kappa shape index (κ1) is 17.3. The van der Waals surface area contributed by atoms with Crippen LogP contribution in [0.15, 0.2) is 28.9 Å². The lowest BCUT2D eigenvalue weighted by Gasteiger charge is -2.13. The Morgan fingerprint density at radius 2 is 2.04 bits per heavy atom. The second kappa shape index (κ2) is 6.26. The summed E-state index contributed by atoms with van der Waals surface area (Å²) in [7, 11) is 1.61. The molecule has 2 heterocycles. The normalized spacial score (nSPS) is 14.8. The summed E-state index contributed by atoms with van der Waals surface area (Å²) in [6, 6.07) is 5.51. The fraction of sp³-hybridized carbons (Fsp3) is 0.350. The highest BCUT2D eigenvalue weighted by atomic mass is 16.5. The highest BCUT2D eigenvalue weighted by Crippen LogP contribution is 2.40. The van der Waals surface area contributed by atoms with E-state index in [1.807, 2.05) is 25.1 Å². The molecule has 7 nitrogen and oxygen atoms in total. The summed E-state index contributed by atoms with van der Waals surface area (Å²) in [5, 5.41) is 7.01. The standard InChI is InChI=1S/C20H22N4O3/c1-11-9-13(26-4)5-6-14(11)23-18(25)15-12(2)27-19-16(15)17(21-10-22-19)24-20(3)7-8-20/h5-6,9-10H,7-8H2,1-4H3,(H,23,25)(H,21,22,24). The topological polar surface area (TPSA) is 89.3 Å². The quantitative estimate of drug-likeness (QED) is 0.708. The zero-order valence-corrected chi connectivity index (χ0v) is 15.8. The average molecular weight is 366 g/mol. The number of ether oxygens (including phenoxy) is 1. The fourth-order valence-electron chi connectivity index (χ4n) is 3.10. The molecule has 2 aromatic heterocycles. The number of aryl methyl sites for hydroxylation is 2. The summed E-state index contributed by atoms with van der Waals surface area (Å²) >= 11 is 0. The number of fused-ring (bicyclic) bond motifs is 1. The number of furan rings is 1. The van der Waals surface area contributed by atoms with Gasteiger partial charge in [-0.3, -0.25) is 4.79 Å². The van der Waals surface area contributed by atoms with E-state index in [0.29, 0.717) is 28.2 Å². The lowest BCUT2D eigenvalue weighted by molar-refractivity contribution is 0.102. The zero-order chi connectivity index (χ0) is 19.2. The third-order valence-electron chi connectivity index (χ3n) is 4.99. The van der Waals surface area contributed by atoms with E-state index in [4.69, 9.17) is 9.15 Å². The van der Waals surface area contributed by atoms with Gasteiger partial charge in [-0.15, -0.1) is 0 Å². The van der Waals surface area contributed by atoms with E-state index < -0.39 is 0 Å². The number of carbonyl (C=O) groups is 1. The van der Waals surface area contributed by atoms with Crippen LogP contribution >= 0.6 is 0 Å². The van der Waals surface area contributed by atoms with Gasteiger partial charge in [-0.05, 0) is 57.4 Å². The van der Waals surface area contributed by atoms with Crippen LogP contribution in [-0.4, -0.2) is 28.5 Å². The Labute approximate surface area is 157 Å². The highest BCUT2D eigenvalue weighted by Gasteiger charge is 2.38. The van der Waals surface area contributed by atoms with Crippen LogP contribution in [0.4, 0.5) is 11.5 Å². The van der Waals surface area contributed by atoms with Crippen LogP contribution in [-0.2, 0) is 0 Å². The number of carbonyl (C=O) groups excluding carboxylic acids is 1. The summed E-state index contributed by atoms with van der Waals surface area (Å²) in [6.07, 6.45) is 3.60. The molecule has 7 heteroatoms. The Balaban J connectivity index is 1.72. The van der Waals surface area contributed by atoms with Gasteiger partial charge in [0.25, 0.3) is 5.91 Å². The third-order valence-corrected chi connectivity index (χ3v) is 4.99. The molecule has 2 N–H and O–H groups in total. The van der Waals surface area contributed by atoms with E-state index in [1.54, 1.807) is 14.0 Å². The maximum atomic E-state index is 13.1. The largest absolute Gasteiger partial charge is 0.497 e. The number of hydrogen-bond donors (Lipinski definition) is 2. The summed E-state index contributed by atoms with van der Waals surface area (Å²) < 4.78 is 10.9. The Bertz CT molecular complexity index is 1040. The van der Waals surface area contributed by atoms with Crippen LogP contribution in [0.5, 0.6) is 5.75 Å². The molecule has 0 aliphatic heterocycles. The number of methoxy groups -OCH3 is 1. The Hall–Kier alpha value is -3.09. The zero-order valence-electron chi connectivity index (χ0n) is 15.8. The summed E-state index contributed by atoms with van der Waals surface area (Å²) in [4.78, 5) is 21.6. The monoisotopic (exact) mass is 366 g/mol. The Morgan fingerprint density at radius 3 is 2.70 bits per heavy atom. The number of rotatable bonds is 5. The third kappa shape index (κ3) is 3.20.